The van der Waals surface area contributed by atoms with Gasteiger partial charge >= 0.3 is 0 Å². The van der Waals surface area contributed by atoms with Crippen LogP contribution in [0, 0.1) is 11.6 Å². The van der Waals surface area contributed by atoms with Gasteiger partial charge in [0, 0.05) is 19.6 Å². The number of hydrogen-bond acceptors (Lipinski definition) is 2. The van der Waals surface area contributed by atoms with Crippen LogP contribution < -0.4 is 10.6 Å². The minimum Gasteiger partial charge on any atom is -0.367 e. The predicted octanol–water partition coefficient (Wildman–Crippen LogP) is 3.19. The Bertz CT molecular complexity index is 376. The molecule has 0 aromatic heterocycles. The molecule has 2 nitrogen and oxygen atoms in total. The summed E-state index contributed by atoms with van der Waals surface area (Å²) in [5.74, 6) is -0.980. The fourth-order valence-corrected chi connectivity index (χ4v) is 2.51. The van der Waals surface area contributed by atoms with Gasteiger partial charge in [-0.25, -0.2) is 8.78 Å². The van der Waals surface area contributed by atoms with Crippen molar-refractivity contribution in [3.05, 3.63) is 29.3 Å². The average Bonchev–Trinajstić information content (AvgIpc) is 2.30. The van der Waals surface area contributed by atoms with Crippen LogP contribution in [-0.4, -0.2) is 13.1 Å². The third kappa shape index (κ3) is 2.99. The van der Waals surface area contributed by atoms with Crippen molar-refractivity contribution in [2.24, 2.45) is 5.73 Å². The van der Waals surface area contributed by atoms with Crippen LogP contribution in [0.1, 0.15) is 37.7 Å². The van der Waals surface area contributed by atoms with Crippen molar-refractivity contribution in [2.75, 3.05) is 18.0 Å². The second kappa shape index (κ2) is 6.14. The van der Waals surface area contributed by atoms with Crippen molar-refractivity contribution in [2.45, 2.75) is 38.6 Å². The van der Waals surface area contributed by atoms with Gasteiger partial charge in [0.2, 0.25) is 0 Å². The maximum absolute atomic E-state index is 14.0. The molecule has 4 heteroatoms. The summed E-state index contributed by atoms with van der Waals surface area (Å²) >= 11 is 0. The quantitative estimate of drug-likeness (QED) is 0.878. The standard InChI is InChI=1S/C14H20F2N2/c15-12-8-11(10-17)9-13(16)14(12)18-6-4-2-1-3-5-7-18/h8-9H,1-7,10,17H2. The van der Waals surface area contributed by atoms with Crippen molar-refractivity contribution in [3.8, 4) is 0 Å². The highest BCUT2D eigenvalue weighted by molar-refractivity contribution is 5.50. The Hall–Kier alpha value is -1.16. The molecule has 1 saturated heterocycles. The summed E-state index contributed by atoms with van der Waals surface area (Å²) in [5, 5.41) is 0. The van der Waals surface area contributed by atoms with Gasteiger partial charge in [-0.15, -0.1) is 0 Å². The fraction of sp³-hybridized carbons (Fsp3) is 0.571. The first kappa shape index (κ1) is 13.3. The van der Waals surface area contributed by atoms with E-state index in [4.69, 9.17) is 5.73 Å². The van der Waals surface area contributed by atoms with Gasteiger partial charge in [-0.3, -0.25) is 0 Å². The average molecular weight is 254 g/mol. The lowest BCUT2D eigenvalue weighted by Crippen LogP contribution is -2.29. The lowest BCUT2D eigenvalue weighted by molar-refractivity contribution is 0.525. The third-order valence-corrected chi connectivity index (χ3v) is 3.48. The van der Waals surface area contributed by atoms with Crippen LogP contribution in [0.5, 0.6) is 0 Å². The van der Waals surface area contributed by atoms with Gasteiger partial charge in [0.1, 0.15) is 17.3 Å². The molecule has 1 heterocycles. The number of nitrogens with zero attached hydrogens (tertiary/aromatic N) is 1. The molecule has 1 aromatic carbocycles. The van der Waals surface area contributed by atoms with Crippen molar-refractivity contribution in [1.82, 2.24) is 0 Å². The van der Waals surface area contributed by atoms with Gasteiger partial charge in [-0.05, 0) is 30.5 Å². The second-order valence-electron chi connectivity index (χ2n) is 4.87. The Balaban J connectivity index is 2.25. The smallest absolute Gasteiger partial charge is 0.149 e. The molecule has 0 saturated carbocycles. The number of rotatable bonds is 2. The first-order valence-electron chi connectivity index (χ1n) is 6.65. The molecule has 0 aliphatic carbocycles. The van der Waals surface area contributed by atoms with E-state index >= 15 is 0 Å². The van der Waals surface area contributed by atoms with E-state index in [1.165, 1.54) is 18.6 Å². The molecule has 0 amide bonds. The zero-order valence-electron chi connectivity index (χ0n) is 10.6. The first-order chi connectivity index (χ1) is 8.72. The molecule has 18 heavy (non-hydrogen) atoms. The van der Waals surface area contributed by atoms with E-state index in [0.29, 0.717) is 5.56 Å². The van der Waals surface area contributed by atoms with Crippen LogP contribution in [0.4, 0.5) is 14.5 Å². The highest BCUT2D eigenvalue weighted by Crippen LogP contribution is 2.27. The Kier molecular flexibility index (Phi) is 4.53. The van der Waals surface area contributed by atoms with Crippen molar-refractivity contribution < 1.29 is 8.78 Å². The highest BCUT2D eigenvalue weighted by Gasteiger charge is 2.18. The molecule has 1 aliphatic rings. The van der Waals surface area contributed by atoms with Crippen molar-refractivity contribution in [3.63, 3.8) is 0 Å². The molecule has 2 rings (SSSR count). The number of benzene rings is 1. The summed E-state index contributed by atoms with van der Waals surface area (Å²) in [4.78, 5) is 1.84. The number of anilines is 1. The van der Waals surface area contributed by atoms with Gasteiger partial charge in [0.25, 0.3) is 0 Å². The predicted molar refractivity (Wildman–Crippen MR) is 69.5 cm³/mol. The summed E-state index contributed by atoms with van der Waals surface area (Å²) in [5.41, 5.74) is 6.04. The van der Waals surface area contributed by atoms with Gasteiger partial charge in [-0.1, -0.05) is 19.3 Å². The van der Waals surface area contributed by atoms with E-state index in [1.807, 2.05) is 4.90 Å². The summed E-state index contributed by atoms with van der Waals surface area (Å²) < 4.78 is 28.0. The second-order valence-corrected chi connectivity index (χ2v) is 4.87. The number of halogens is 2. The molecule has 0 unspecified atom stereocenters. The van der Waals surface area contributed by atoms with Crippen LogP contribution in [0.3, 0.4) is 0 Å². The Morgan fingerprint density at radius 1 is 0.944 bits per heavy atom. The summed E-state index contributed by atoms with van der Waals surface area (Å²) in [6, 6.07) is 2.69. The minimum atomic E-state index is -0.490. The summed E-state index contributed by atoms with van der Waals surface area (Å²) in [6.07, 6.45) is 5.50. The molecule has 0 radical (unpaired) electrons. The largest absolute Gasteiger partial charge is 0.367 e. The van der Waals surface area contributed by atoms with Gasteiger partial charge in [0.15, 0.2) is 0 Å². The van der Waals surface area contributed by atoms with Gasteiger partial charge in [-0.2, -0.15) is 0 Å². The van der Waals surface area contributed by atoms with E-state index in [-0.39, 0.29) is 12.2 Å². The first-order valence-corrected chi connectivity index (χ1v) is 6.65. The monoisotopic (exact) mass is 254 g/mol. The summed E-state index contributed by atoms with van der Waals surface area (Å²) in [7, 11) is 0. The van der Waals surface area contributed by atoms with Crippen molar-refractivity contribution in [1.29, 1.82) is 0 Å². The van der Waals surface area contributed by atoms with E-state index in [0.717, 1.165) is 38.8 Å². The molecule has 1 aromatic rings. The lowest BCUT2D eigenvalue weighted by atomic mass is 10.1. The normalized spacial score (nSPS) is 17.4. The molecule has 100 valence electrons. The van der Waals surface area contributed by atoms with E-state index in [2.05, 4.69) is 0 Å². The van der Waals surface area contributed by atoms with E-state index in [1.54, 1.807) is 0 Å². The molecule has 2 N–H and O–H groups in total. The van der Waals surface area contributed by atoms with Crippen molar-refractivity contribution >= 4 is 5.69 Å². The Morgan fingerprint density at radius 3 is 1.94 bits per heavy atom. The molecular formula is C14H20F2N2. The minimum absolute atomic E-state index is 0.120. The van der Waals surface area contributed by atoms with Crippen LogP contribution in [0.2, 0.25) is 0 Å². The number of nitrogens with two attached hydrogens (primary N) is 1. The molecule has 1 aliphatic heterocycles. The fourth-order valence-electron chi connectivity index (χ4n) is 2.51. The van der Waals surface area contributed by atoms with E-state index in [9.17, 15) is 8.78 Å². The third-order valence-electron chi connectivity index (χ3n) is 3.48. The molecule has 0 spiro atoms. The summed E-state index contributed by atoms with van der Waals surface area (Å²) in [6.45, 7) is 1.62. The molecule has 1 fully saturated rings. The zero-order chi connectivity index (χ0) is 13.0. The highest BCUT2D eigenvalue weighted by atomic mass is 19.1. The van der Waals surface area contributed by atoms with Gasteiger partial charge in [0.05, 0.1) is 0 Å². The van der Waals surface area contributed by atoms with E-state index < -0.39 is 11.6 Å². The van der Waals surface area contributed by atoms with Gasteiger partial charge < -0.3 is 10.6 Å². The number of hydrogen-bond donors (Lipinski definition) is 1. The molecule has 0 atom stereocenters. The zero-order valence-corrected chi connectivity index (χ0v) is 10.6. The molecule has 0 bridgehead atoms. The lowest BCUT2D eigenvalue weighted by Gasteiger charge is -2.27. The van der Waals surface area contributed by atoms with Crippen LogP contribution in [0.15, 0.2) is 12.1 Å². The maximum Gasteiger partial charge on any atom is 0.149 e. The van der Waals surface area contributed by atoms with Crippen LogP contribution in [0.25, 0.3) is 0 Å². The SMILES string of the molecule is NCc1cc(F)c(N2CCCCCCC2)c(F)c1. The van der Waals surface area contributed by atoms with Crippen LogP contribution in [-0.2, 0) is 6.54 Å². The Labute approximate surface area is 107 Å². The Morgan fingerprint density at radius 2 is 1.44 bits per heavy atom. The molecular weight excluding hydrogens is 234 g/mol. The topological polar surface area (TPSA) is 29.3 Å². The van der Waals surface area contributed by atoms with Crippen LogP contribution >= 0.6 is 0 Å². The maximum atomic E-state index is 14.0.